The van der Waals surface area contributed by atoms with E-state index < -0.39 is 0 Å². The van der Waals surface area contributed by atoms with Crippen LogP contribution in [0.15, 0.2) is 23.7 Å². The molecule has 0 spiro atoms. The Morgan fingerprint density at radius 3 is 2.93 bits per heavy atom. The third-order valence-electron chi connectivity index (χ3n) is 1.77. The van der Waals surface area contributed by atoms with Gasteiger partial charge in [0.1, 0.15) is 5.51 Å². The largest absolute Gasteiger partial charge is 0.427 e. The molecule has 2 N–H and O–H groups in total. The van der Waals surface area contributed by atoms with Gasteiger partial charge in [-0.05, 0) is 18.6 Å². The highest BCUT2D eigenvalue weighted by atomic mass is 32.1. The number of aryl methyl sites for hydroxylation is 1. The van der Waals surface area contributed by atoms with Crippen LogP contribution in [-0.4, -0.2) is 10.2 Å². The first kappa shape index (κ1) is 8.96. The number of rotatable bonds is 2. The normalized spacial score (nSPS) is 10.1. The standard InChI is InChI=1S/C9H9N3OS/c1-6-3-2-4-7(10)8(6)13-9-12-11-5-14-9/h2-5H,10H2,1H3. The van der Waals surface area contributed by atoms with Crippen LogP contribution in [-0.2, 0) is 0 Å². The number of aromatic nitrogens is 2. The molecule has 0 fully saturated rings. The zero-order chi connectivity index (χ0) is 9.97. The molecule has 0 amide bonds. The van der Waals surface area contributed by atoms with Crippen molar-refractivity contribution in [2.75, 3.05) is 5.73 Å². The number of hydrogen-bond acceptors (Lipinski definition) is 5. The summed E-state index contributed by atoms with van der Waals surface area (Å²) in [5.41, 5.74) is 8.98. The van der Waals surface area contributed by atoms with Gasteiger partial charge in [-0.3, -0.25) is 0 Å². The van der Waals surface area contributed by atoms with Crippen LogP contribution in [0.5, 0.6) is 10.9 Å². The summed E-state index contributed by atoms with van der Waals surface area (Å²) in [6.07, 6.45) is 0. The van der Waals surface area contributed by atoms with Gasteiger partial charge in [0.15, 0.2) is 5.75 Å². The lowest BCUT2D eigenvalue weighted by Crippen LogP contribution is -1.93. The second-order valence-corrected chi connectivity index (χ2v) is 3.60. The van der Waals surface area contributed by atoms with E-state index in [9.17, 15) is 0 Å². The van der Waals surface area contributed by atoms with E-state index >= 15 is 0 Å². The van der Waals surface area contributed by atoms with Crippen molar-refractivity contribution in [1.29, 1.82) is 0 Å². The van der Waals surface area contributed by atoms with Gasteiger partial charge in [-0.2, -0.15) is 0 Å². The quantitative estimate of drug-likeness (QED) is 0.767. The van der Waals surface area contributed by atoms with Gasteiger partial charge >= 0.3 is 0 Å². The van der Waals surface area contributed by atoms with E-state index in [1.807, 2.05) is 19.1 Å². The van der Waals surface area contributed by atoms with Crippen molar-refractivity contribution in [3.8, 4) is 10.9 Å². The third-order valence-corrected chi connectivity index (χ3v) is 2.34. The molecule has 1 aromatic heterocycles. The molecule has 0 unspecified atom stereocenters. The van der Waals surface area contributed by atoms with Crippen molar-refractivity contribution < 1.29 is 4.74 Å². The lowest BCUT2D eigenvalue weighted by Gasteiger charge is -2.07. The first-order valence-corrected chi connectivity index (χ1v) is 4.94. The summed E-state index contributed by atoms with van der Waals surface area (Å²) in [5.74, 6) is 0.657. The molecule has 2 aromatic rings. The van der Waals surface area contributed by atoms with Gasteiger partial charge in [-0.1, -0.05) is 28.6 Å². The predicted octanol–water partition coefficient (Wildman–Crippen LogP) is 2.22. The molecule has 2 rings (SSSR count). The second-order valence-electron chi connectivity index (χ2n) is 2.80. The van der Waals surface area contributed by atoms with Crippen molar-refractivity contribution in [3.63, 3.8) is 0 Å². The van der Waals surface area contributed by atoms with E-state index in [0.29, 0.717) is 16.6 Å². The van der Waals surface area contributed by atoms with Crippen LogP contribution < -0.4 is 10.5 Å². The Hall–Kier alpha value is -1.62. The number of nitrogen functional groups attached to an aromatic ring is 1. The molecular weight excluding hydrogens is 198 g/mol. The van der Waals surface area contributed by atoms with E-state index in [0.717, 1.165) is 5.56 Å². The first-order chi connectivity index (χ1) is 6.77. The second kappa shape index (κ2) is 3.63. The molecule has 4 nitrogen and oxygen atoms in total. The van der Waals surface area contributed by atoms with Crippen molar-refractivity contribution in [2.45, 2.75) is 6.92 Å². The van der Waals surface area contributed by atoms with Crippen molar-refractivity contribution in [3.05, 3.63) is 29.3 Å². The molecule has 0 radical (unpaired) electrons. The van der Waals surface area contributed by atoms with Gasteiger partial charge < -0.3 is 10.5 Å². The van der Waals surface area contributed by atoms with Crippen molar-refractivity contribution >= 4 is 17.0 Å². The van der Waals surface area contributed by atoms with Crippen molar-refractivity contribution in [2.24, 2.45) is 0 Å². The Morgan fingerprint density at radius 1 is 1.43 bits per heavy atom. The Bertz CT molecular complexity index is 407. The van der Waals surface area contributed by atoms with Crippen LogP contribution in [0.2, 0.25) is 0 Å². The summed E-state index contributed by atoms with van der Waals surface area (Å²) in [7, 11) is 0. The number of hydrogen-bond donors (Lipinski definition) is 1. The van der Waals surface area contributed by atoms with E-state index in [4.69, 9.17) is 10.5 Å². The summed E-state index contributed by atoms with van der Waals surface area (Å²) in [6, 6.07) is 5.62. The molecule has 0 aliphatic heterocycles. The summed E-state index contributed by atoms with van der Waals surface area (Å²) in [5, 5.41) is 7.97. The highest BCUT2D eigenvalue weighted by Crippen LogP contribution is 2.30. The van der Waals surface area contributed by atoms with Gasteiger partial charge in [0.2, 0.25) is 0 Å². The zero-order valence-electron chi connectivity index (χ0n) is 7.60. The third kappa shape index (κ3) is 1.67. The molecule has 0 bridgehead atoms. The number of anilines is 1. The van der Waals surface area contributed by atoms with Gasteiger partial charge in [-0.15, -0.1) is 5.10 Å². The lowest BCUT2D eigenvalue weighted by atomic mass is 10.2. The highest BCUT2D eigenvalue weighted by Gasteiger charge is 2.06. The molecular formula is C9H9N3OS. The SMILES string of the molecule is Cc1cccc(N)c1Oc1nncs1. The summed E-state index contributed by atoms with van der Waals surface area (Å²) < 4.78 is 5.50. The Labute approximate surface area is 85.4 Å². The molecule has 0 aliphatic carbocycles. The number of ether oxygens (including phenoxy) is 1. The van der Waals surface area contributed by atoms with Gasteiger partial charge in [0.25, 0.3) is 5.19 Å². The number of benzene rings is 1. The minimum Gasteiger partial charge on any atom is -0.427 e. The van der Waals surface area contributed by atoms with Crippen molar-refractivity contribution in [1.82, 2.24) is 10.2 Å². The number of nitrogens with two attached hydrogens (primary N) is 1. The summed E-state index contributed by atoms with van der Waals surface area (Å²) in [4.78, 5) is 0. The maximum atomic E-state index is 5.77. The monoisotopic (exact) mass is 207 g/mol. The fourth-order valence-electron chi connectivity index (χ4n) is 1.11. The Morgan fingerprint density at radius 2 is 2.29 bits per heavy atom. The Balaban J connectivity index is 2.33. The van der Waals surface area contributed by atoms with E-state index in [1.165, 1.54) is 11.3 Å². The van der Waals surface area contributed by atoms with E-state index in [2.05, 4.69) is 10.2 Å². The average Bonchev–Trinajstić information content (AvgIpc) is 2.64. The molecule has 0 atom stereocenters. The van der Waals surface area contributed by atoms with Gasteiger partial charge in [0, 0.05) is 0 Å². The smallest absolute Gasteiger partial charge is 0.299 e. The van der Waals surface area contributed by atoms with Crippen LogP contribution in [0.4, 0.5) is 5.69 Å². The molecule has 0 saturated heterocycles. The zero-order valence-corrected chi connectivity index (χ0v) is 8.41. The van der Waals surface area contributed by atoms with E-state index in [-0.39, 0.29) is 0 Å². The maximum absolute atomic E-state index is 5.77. The van der Waals surface area contributed by atoms with Crippen LogP contribution in [0, 0.1) is 6.92 Å². The van der Waals surface area contributed by atoms with Gasteiger partial charge in [0.05, 0.1) is 5.69 Å². The van der Waals surface area contributed by atoms with E-state index in [1.54, 1.807) is 11.6 Å². The highest BCUT2D eigenvalue weighted by molar-refractivity contribution is 7.11. The molecule has 14 heavy (non-hydrogen) atoms. The van der Waals surface area contributed by atoms with Crippen LogP contribution in [0.25, 0.3) is 0 Å². The minimum atomic E-state index is 0.506. The molecule has 0 aliphatic rings. The minimum absolute atomic E-state index is 0.506. The van der Waals surface area contributed by atoms with Gasteiger partial charge in [-0.25, -0.2) is 0 Å². The molecule has 5 heteroatoms. The molecule has 1 heterocycles. The number of para-hydroxylation sites is 1. The molecule has 0 saturated carbocycles. The fraction of sp³-hybridized carbons (Fsp3) is 0.111. The van der Waals surface area contributed by atoms with Crippen LogP contribution in [0.3, 0.4) is 0 Å². The fourth-order valence-corrected chi connectivity index (χ4v) is 1.52. The first-order valence-electron chi connectivity index (χ1n) is 4.06. The van der Waals surface area contributed by atoms with Crippen LogP contribution in [0.1, 0.15) is 5.56 Å². The molecule has 1 aromatic carbocycles. The number of nitrogens with zero attached hydrogens (tertiary/aromatic N) is 2. The summed E-state index contributed by atoms with van der Waals surface area (Å²) in [6.45, 7) is 1.94. The predicted molar refractivity (Wildman–Crippen MR) is 55.6 cm³/mol. The Kier molecular flexibility index (Phi) is 2.32. The maximum Gasteiger partial charge on any atom is 0.299 e. The average molecular weight is 207 g/mol. The topological polar surface area (TPSA) is 61.0 Å². The lowest BCUT2D eigenvalue weighted by molar-refractivity contribution is 0.472. The van der Waals surface area contributed by atoms with Crippen LogP contribution >= 0.6 is 11.3 Å². The summed E-state index contributed by atoms with van der Waals surface area (Å²) >= 11 is 1.34. The molecule has 72 valence electrons.